The van der Waals surface area contributed by atoms with E-state index in [1.54, 1.807) is 0 Å². The number of alkyl halides is 7. The molecule has 0 radical (unpaired) electrons. The normalized spacial score (nSPS) is 39.4. The van der Waals surface area contributed by atoms with Gasteiger partial charge in [0.25, 0.3) is 0 Å². The molecule has 0 aliphatic carbocycles. The molecule has 1 rings (SSSR count). The van der Waals surface area contributed by atoms with Gasteiger partial charge in [0.2, 0.25) is 0 Å². The Morgan fingerprint density at radius 3 is 1.67 bits per heavy atom. The van der Waals surface area contributed by atoms with E-state index in [1.165, 1.54) is 0 Å². The first-order valence-electron chi connectivity index (χ1n) is 3.61. The molecule has 1 saturated heterocycles. The van der Waals surface area contributed by atoms with Crippen LogP contribution in [0.4, 0.5) is 30.7 Å². The fourth-order valence-corrected chi connectivity index (χ4v) is 1.10. The highest BCUT2D eigenvalue weighted by Gasteiger charge is 2.83. The quantitative estimate of drug-likeness (QED) is 0.659. The summed E-state index contributed by atoms with van der Waals surface area (Å²) < 4.78 is 89.3. The molecule has 1 unspecified atom stereocenters. The van der Waals surface area contributed by atoms with Gasteiger partial charge in [-0.1, -0.05) is 0 Å². The van der Waals surface area contributed by atoms with Crippen molar-refractivity contribution in [1.82, 2.24) is 0 Å². The van der Waals surface area contributed by atoms with Crippen LogP contribution < -0.4 is 0 Å². The van der Waals surface area contributed by atoms with Crippen LogP contribution in [0.1, 0.15) is 6.92 Å². The van der Waals surface area contributed by atoms with Crippen LogP contribution in [0.2, 0.25) is 0 Å². The molecule has 0 bridgehead atoms. The predicted molar refractivity (Wildman–Crippen MR) is 31.1 cm³/mol. The molecule has 15 heavy (non-hydrogen) atoms. The van der Waals surface area contributed by atoms with Crippen LogP contribution in [0.5, 0.6) is 0 Å². The summed E-state index contributed by atoms with van der Waals surface area (Å²) in [6.07, 6.45) is -10.8. The van der Waals surface area contributed by atoms with E-state index in [4.69, 9.17) is 5.11 Å². The summed E-state index contributed by atoms with van der Waals surface area (Å²) in [7, 11) is 0. The molecule has 0 aromatic heterocycles. The van der Waals surface area contributed by atoms with Gasteiger partial charge in [-0.15, -0.1) is 0 Å². The summed E-state index contributed by atoms with van der Waals surface area (Å²) in [6.45, 7) is 0.156. The van der Waals surface area contributed by atoms with Crippen LogP contribution in [0.3, 0.4) is 0 Å². The van der Waals surface area contributed by atoms with E-state index in [0.717, 1.165) is 0 Å². The van der Waals surface area contributed by atoms with Crippen molar-refractivity contribution in [3.8, 4) is 0 Å². The minimum absolute atomic E-state index is 0.156. The van der Waals surface area contributed by atoms with Crippen molar-refractivity contribution in [1.29, 1.82) is 0 Å². The molecular formula is C6H5F7O2. The summed E-state index contributed by atoms with van der Waals surface area (Å²) in [4.78, 5) is 0. The average Bonchev–Trinajstić information content (AvgIpc) is 2.09. The number of hydrogen-bond donors (Lipinski definition) is 1. The van der Waals surface area contributed by atoms with E-state index >= 15 is 0 Å². The fourth-order valence-electron chi connectivity index (χ4n) is 1.10. The van der Waals surface area contributed by atoms with Crippen LogP contribution >= 0.6 is 0 Å². The zero-order chi connectivity index (χ0) is 12.3. The van der Waals surface area contributed by atoms with E-state index in [9.17, 15) is 30.7 Å². The number of rotatable bonds is 0. The maximum absolute atomic E-state index is 12.8. The van der Waals surface area contributed by atoms with Crippen molar-refractivity contribution >= 4 is 0 Å². The molecule has 0 aromatic rings. The molecule has 0 amide bonds. The van der Waals surface area contributed by atoms with Gasteiger partial charge in [-0.2, -0.15) is 30.7 Å². The Labute approximate surface area is 78.6 Å². The van der Waals surface area contributed by atoms with Crippen molar-refractivity contribution < 1.29 is 40.6 Å². The predicted octanol–water partition coefficient (Wildman–Crippen LogP) is 2.13. The third-order valence-electron chi connectivity index (χ3n) is 2.17. The number of hydrogen-bond acceptors (Lipinski definition) is 2. The van der Waals surface area contributed by atoms with Gasteiger partial charge in [-0.3, -0.25) is 4.74 Å². The van der Waals surface area contributed by atoms with Crippen molar-refractivity contribution in [2.24, 2.45) is 5.92 Å². The number of aliphatic hydroxyl groups is 1. The zero-order valence-corrected chi connectivity index (χ0v) is 7.08. The summed E-state index contributed by atoms with van der Waals surface area (Å²) in [6, 6.07) is 0. The smallest absolute Gasteiger partial charge is 0.354 e. The molecule has 1 aliphatic heterocycles. The second-order valence-corrected chi connectivity index (χ2v) is 3.15. The lowest BCUT2D eigenvalue weighted by Gasteiger charge is -2.29. The molecule has 0 aromatic carbocycles. The minimum atomic E-state index is -6.01. The van der Waals surface area contributed by atoms with Crippen LogP contribution in [0.15, 0.2) is 0 Å². The van der Waals surface area contributed by atoms with Gasteiger partial charge in [-0.25, -0.2) is 0 Å². The Kier molecular flexibility index (Phi) is 2.30. The molecule has 1 aliphatic rings. The highest BCUT2D eigenvalue weighted by molar-refractivity contribution is 5.03. The topological polar surface area (TPSA) is 29.5 Å². The molecule has 2 atom stereocenters. The van der Waals surface area contributed by atoms with E-state index in [-0.39, 0.29) is 6.92 Å². The first-order chi connectivity index (χ1) is 6.36. The van der Waals surface area contributed by atoms with Crippen LogP contribution in [0.25, 0.3) is 0 Å². The SMILES string of the molecule is C[C@@H]1C(F)(F)OC(O)(C(F)(F)F)C1(F)F. The first kappa shape index (κ1) is 12.5. The molecule has 2 nitrogen and oxygen atoms in total. The van der Waals surface area contributed by atoms with Gasteiger partial charge >= 0.3 is 24.0 Å². The van der Waals surface area contributed by atoms with Crippen molar-refractivity contribution in [2.75, 3.05) is 0 Å². The third-order valence-corrected chi connectivity index (χ3v) is 2.17. The van der Waals surface area contributed by atoms with Crippen molar-refractivity contribution in [3.63, 3.8) is 0 Å². The molecule has 1 fully saturated rings. The van der Waals surface area contributed by atoms with Crippen molar-refractivity contribution in [3.05, 3.63) is 0 Å². The van der Waals surface area contributed by atoms with Gasteiger partial charge in [-0.05, 0) is 6.92 Å². The second-order valence-electron chi connectivity index (χ2n) is 3.15. The largest absolute Gasteiger partial charge is 0.449 e. The second kappa shape index (κ2) is 2.76. The first-order valence-corrected chi connectivity index (χ1v) is 3.61. The molecule has 90 valence electrons. The van der Waals surface area contributed by atoms with E-state index in [1.807, 2.05) is 0 Å². The third kappa shape index (κ3) is 1.40. The van der Waals surface area contributed by atoms with E-state index in [0.29, 0.717) is 0 Å². The number of halogens is 7. The Balaban J connectivity index is 3.25. The van der Waals surface area contributed by atoms with Gasteiger partial charge in [0.15, 0.2) is 0 Å². The lowest BCUT2D eigenvalue weighted by Crippen LogP contribution is -2.57. The van der Waals surface area contributed by atoms with Gasteiger partial charge in [0, 0.05) is 0 Å². The lowest BCUT2D eigenvalue weighted by molar-refractivity contribution is -0.433. The molecule has 9 heteroatoms. The summed E-state index contributed by atoms with van der Waals surface area (Å²) >= 11 is 0. The maximum Gasteiger partial charge on any atom is 0.449 e. The van der Waals surface area contributed by atoms with Gasteiger partial charge in [0.05, 0.1) is 0 Å². The molecule has 1 N–H and O–H groups in total. The molecule has 1 heterocycles. The lowest BCUT2D eigenvalue weighted by atomic mass is 9.98. The van der Waals surface area contributed by atoms with Crippen molar-refractivity contribution in [2.45, 2.75) is 30.9 Å². The Morgan fingerprint density at radius 1 is 1.13 bits per heavy atom. The highest BCUT2D eigenvalue weighted by atomic mass is 19.4. The Bertz CT molecular complexity index is 270. The number of ether oxygens (including phenoxy) is 1. The van der Waals surface area contributed by atoms with Crippen LogP contribution in [-0.2, 0) is 4.74 Å². The standard InChI is InChI=1S/C6H5F7O2/c1-2-3(7,8)5(14,6(11,12)13)15-4(2,9)10/h2,14H,1H3/t2-,5?/m0/s1. The fraction of sp³-hybridized carbons (Fsp3) is 1.00. The summed E-state index contributed by atoms with van der Waals surface area (Å²) in [5, 5.41) is 8.48. The summed E-state index contributed by atoms with van der Waals surface area (Å²) in [5.41, 5.74) is 0. The van der Waals surface area contributed by atoms with Gasteiger partial charge in [0.1, 0.15) is 5.92 Å². The zero-order valence-electron chi connectivity index (χ0n) is 7.08. The molecule has 0 spiro atoms. The van der Waals surface area contributed by atoms with Crippen LogP contribution in [0, 0.1) is 5.92 Å². The monoisotopic (exact) mass is 242 g/mol. The Morgan fingerprint density at radius 2 is 1.53 bits per heavy atom. The Hall–Kier alpha value is -0.570. The highest BCUT2D eigenvalue weighted by Crippen LogP contribution is 2.58. The summed E-state index contributed by atoms with van der Waals surface area (Å²) in [5.74, 6) is -13.3. The van der Waals surface area contributed by atoms with E-state index in [2.05, 4.69) is 4.74 Å². The molecular weight excluding hydrogens is 237 g/mol. The maximum atomic E-state index is 12.8. The van der Waals surface area contributed by atoms with Gasteiger partial charge < -0.3 is 5.11 Å². The van der Waals surface area contributed by atoms with Crippen LogP contribution in [-0.4, -0.2) is 29.1 Å². The van der Waals surface area contributed by atoms with E-state index < -0.39 is 29.9 Å². The molecule has 0 saturated carbocycles. The minimum Gasteiger partial charge on any atom is -0.354 e. The average molecular weight is 242 g/mol.